The van der Waals surface area contributed by atoms with Crippen molar-refractivity contribution in [2.24, 2.45) is 0 Å². The summed E-state index contributed by atoms with van der Waals surface area (Å²) in [5, 5.41) is 12.9. The number of benzene rings is 1. The third-order valence-corrected chi connectivity index (χ3v) is 5.43. The molecule has 8 nitrogen and oxygen atoms in total. The summed E-state index contributed by atoms with van der Waals surface area (Å²) in [6, 6.07) is 11.8. The van der Waals surface area contributed by atoms with Gasteiger partial charge in [-0.25, -0.2) is 18.7 Å². The molecular weight excluding hydrogens is 402 g/mol. The normalized spacial score (nSPS) is 13.6. The number of aromatic nitrogens is 5. The van der Waals surface area contributed by atoms with E-state index in [4.69, 9.17) is 5.73 Å². The average molecular weight is 422 g/mol. The van der Waals surface area contributed by atoms with Crippen LogP contribution in [-0.2, 0) is 19.6 Å². The monoisotopic (exact) mass is 422 g/mol. The van der Waals surface area contributed by atoms with E-state index in [2.05, 4.69) is 25.5 Å². The summed E-state index contributed by atoms with van der Waals surface area (Å²) in [6.07, 6.45) is 0.892. The second-order valence-corrected chi connectivity index (χ2v) is 7.32. The maximum absolute atomic E-state index is 13.0. The van der Waals surface area contributed by atoms with Crippen LogP contribution < -0.4 is 16.0 Å². The lowest BCUT2D eigenvalue weighted by atomic mass is 10.1. The lowest BCUT2D eigenvalue weighted by molar-refractivity contribution is 0.134. The van der Waals surface area contributed by atoms with Crippen molar-refractivity contribution in [3.63, 3.8) is 0 Å². The van der Waals surface area contributed by atoms with Gasteiger partial charge < -0.3 is 20.5 Å². The molecule has 5 rings (SSSR count). The van der Waals surface area contributed by atoms with Crippen LogP contribution in [0.3, 0.4) is 0 Å². The Morgan fingerprint density at radius 1 is 1.03 bits per heavy atom. The molecule has 0 aliphatic carbocycles. The van der Waals surface area contributed by atoms with Crippen molar-refractivity contribution in [2.45, 2.75) is 26.1 Å². The van der Waals surface area contributed by atoms with Gasteiger partial charge in [0.25, 0.3) is 6.43 Å². The molecule has 0 unspecified atom stereocenters. The standard InChI is InChI=1S/C21H20F2N8/c22-19(23)21-29-28-18-12-30(8-9-31(18)21)17-5-4-13(11-27-17)10-26-16-3-1-2-15-14(16)6-7-25-20(15)24/h1-7,11,19,26H,8-10,12H2,(H2,24,25). The van der Waals surface area contributed by atoms with E-state index in [0.29, 0.717) is 37.8 Å². The van der Waals surface area contributed by atoms with Gasteiger partial charge >= 0.3 is 0 Å². The summed E-state index contributed by atoms with van der Waals surface area (Å²) in [7, 11) is 0. The van der Waals surface area contributed by atoms with E-state index in [0.717, 1.165) is 27.8 Å². The largest absolute Gasteiger partial charge is 0.383 e. The second-order valence-electron chi connectivity index (χ2n) is 7.32. The first-order valence-corrected chi connectivity index (χ1v) is 9.87. The molecule has 31 heavy (non-hydrogen) atoms. The fraction of sp³-hybridized carbons (Fsp3) is 0.238. The highest BCUT2D eigenvalue weighted by Gasteiger charge is 2.25. The summed E-state index contributed by atoms with van der Waals surface area (Å²) >= 11 is 0. The number of rotatable bonds is 5. The number of nitrogens with one attached hydrogen (secondary N) is 1. The van der Waals surface area contributed by atoms with Crippen LogP contribution in [0.5, 0.6) is 0 Å². The van der Waals surface area contributed by atoms with Gasteiger partial charge in [-0.15, -0.1) is 10.2 Å². The Bertz CT molecular complexity index is 1220. The molecule has 0 saturated carbocycles. The summed E-state index contributed by atoms with van der Waals surface area (Å²) in [5.41, 5.74) is 7.95. The van der Waals surface area contributed by atoms with Crippen LogP contribution in [0.1, 0.15) is 23.6 Å². The molecule has 0 atom stereocenters. The first-order valence-electron chi connectivity index (χ1n) is 9.87. The van der Waals surface area contributed by atoms with E-state index in [-0.39, 0.29) is 5.82 Å². The first-order chi connectivity index (χ1) is 15.1. The third kappa shape index (κ3) is 3.60. The van der Waals surface area contributed by atoms with Crippen LogP contribution in [0.15, 0.2) is 48.8 Å². The molecule has 4 aromatic rings. The molecular formula is C21H20F2N8. The van der Waals surface area contributed by atoms with E-state index in [1.165, 1.54) is 4.57 Å². The van der Waals surface area contributed by atoms with Crippen molar-refractivity contribution in [1.82, 2.24) is 24.7 Å². The number of halogens is 2. The molecule has 158 valence electrons. The van der Waals surface area contributed by atoms with E-state index >= 15 is 0 Å². The summed E-state index contributed by atoms with van der Waals surface area (Å²) in [4.78, 5) is 10.7. The van der Waals surface area contributed by atoms with E-state index in [9.17, 15) is 8.78 Å². The number of pyridine rings is 2. The summed E-state index contributed by atoms with van der Waals surface area (Å²) in [5.74, 6) is 1.54. The van der Waals surface area contributed by atoms with Crippen molar-refractivity contribution in [3.8, 4) is 0 Å². The maximum atomic E-state index is 13.0. The molecule has 0 bridgehead atoms. The Balaban J connectivity index is 1.27. The van der Waals surface area contributed by atoms with Crippen LogP contribution in [-0.4, -0.2) is 31.3 Å². The Morgan fingerprint density at radius 3 is 2.74 bits per heavy atom. The molecule has 3 N–H and O–H groups in total. The Hall–Kier alpha value is -3.82. The number of fused-ring (bicyclic) bond motifs is 2. The summed E-state index contributed by atoms with van der Waals surface area (Å²) < 4.78 is 27.5. The minimum absolute atomic E-state index is 0.269. The zero-order valence-corrected chi connectivity index (χ0v) is 16.5. The number of nitrogen functional groups attached to an aromatic ring is 1. The number of alkyl halides is 2. The fourth-order valence-electron chi connectivity index (χ4n) is 3.83. The first kappa shape index (κ1) is 19.2. The highest BCUT2D eigenvalue weighted by atomic mass is 19.3. The van der Waals surface area contributed by atoms with Crippen molar-refractivity contribution in [1.29, 1.82) is 0 Å². The number of anilines is 3. The second kappa shape index (κ2) is 7.78. The van der Waals surface area contributed by atoms with Gasteiger partial charge in [0, 0.05) is 48.5 Å². The van der Waals surface area contributed by atoms with Gasteiger partial charge in [-0.05, 0) is 23.8 Å². The van der Waals surface area contributed by atoms with Crippen molar-refractivity contribution in [2.75, 3.05) is 22.5 Å². The van der Waals surface area contributed by atoms with Crippen molar-refractivity contribution in [3.05, 3.63) is 66.0 Å². The fourth-order valence-corrected chi connectivity index (χ4v) is 3.83. The number of nitrogens with two attached hydrogens (primary N) is 1. The van der Waals surface area contributed by atoms with Crippen LogP contribution in [0.25, 0.3) is 10.8 Å². The van der Waals surface area contributed by atoms with Gasteiger partial charge in [0.15, 0.2) is 11.6 Å². The minimum atomic E-state index is -2.62. The number of hydrogen-bond donors (Lipinski definition) is 2. The van der Waals surface area contributed by atoms with Gasteiger partial charge in [0.2, 0.25) is 0 Å². The predicted octanol–water partition coefficient (Wildman–Crippen LogP) is 3.37. The Labute approximate surface area is 176 Å². The molecule has 0 radical (unpaired) electrons. The molecule has 1 aliphatic rings. The topological polar surface area (TPSA) is 97.8 Å². The zero-order chi connectivity index (χ0) is 21.4. The quantitative estimate of drug-likeness (QED) is 0.509. The summed E-state index contributed by atoms with van der Waals surface area (Å²) in [6.45, 7) is 1.98. The lowest BCUT2D eigenvalue weighted by Crippen LogP contribution is -2.35. The van der Waals surface area contributed by atoms with Gasteiger partial charge in [0.05, 0.1) is 6.54 Å². The molecule has 4 heterocycles. The number of nitrogens with zero attached hydrogens (tertiary/aromatic N) is 6. The molecule has 3 aromatic heterocycles. The van der Waals surface area contributed by atoms with Gasteiger partial charge in [-0.2, -0.15) is 0 Å². The highest BCUT2D eigenvalue weighted by Crippen LogP contribution is 2.27. The van der Waals surface area contributed by atoms with E-state index in [1.54, 1.807) is 6.20 Å². The smallest absolute Gasteiger partial charge is 0.297 e. The molecule has 0 amide bonds. The molecule has 10 heteroatoms. The lowest BCUT2D eigenvalue weighted by Gasteiger charge is -2.28. The highest BCUT2D eigenvalue weighted by molar-refractivity contribution is 5.99. The van der Waals surface area contributed by atoms with Crippen LogP contribution >= 0.6 is 0 Å². The Morgan fingerprint density at radius 2 is 1.94 bits per heavy atom. The maximum Gasteiger partial charge on any atom is 0.297 e. The number of hydrogen-bond acceptors (Lipinski definition) is 7. The van der Waals surface area contributed by atoms with E-state index < -0.39 is 6.43 Å². The van der Waals surface area contributed by atoms with E-state index in [1.807, 2.05) is 47.5 Å². The molecule has 1 aliphatic heterocycles. The molecule has 0 spiro atoms. The van der Waals surface area contributed by atoms with Gasteiger partial charge in [0.1, 0.15) is 11.6 Å². The van der Waals surface area contributed by atoms with Crippen molar-refractivity contribution >= 4 is 28.1 Å². The van der Waals surface area contributed by atoms with Crippen LogP contribution in [0, 0.1) is 0 Å². The average Bonchev–Trinajstić information content (AvgIpc) is 3.22. The van der Waals surface area contributed by atoms with Gasteiger partial charge in [-0.1, -0.05) is 18.2 Å². The minimum Gasteiger partial charge on any atom is -0.383 e. The Kier molecular flexibility index (Phi) is 4.81. The SMILES string of the molecule is Nc1nccc2c(NCc3ccc(N4CCn5c(nnc5C(F)F)C4)nc3)cccc12. The predicted molar refractivity (Wildman–Crippen MR) is 114 cm³/mol. The molecule has 1 aromatic carbocycles. The van der Waals surface area contributed by atoms with Gasteiger partial charge in [-0.3, -0.25) is 0 Å². The van der Waals surface area contributed by atoms with Crippen LogP contribution in [0.4, 0.5) is 26.1 Å². The van der Waals surface area contributed by atoms with Crippen LogP contribution in [0.2, 0.25) is 0 Å². The zero-order valence-electron chi connectivity index (χ0n) is 16.5. The third-order valence-electron chi connectivity index (χ3n) is 5.43. The van der Waals surface area contributed by atoms with Crippen molar-refractivity contribution < 1.29 is 8.78 Å². The molecule has 0 saturated heterocycles. The molecule has 0 fully saturated rings.